The Balaban J connectivity index is 0.000000845. The maximum atomic E-state index is 5.06. The standard InChI is InChI=1S/C8H8N2OS.Na/c1-11-5-2-3-6-7(4-5)10-8(12)9-6;/h2-4H,1H3,(H2,9,10,12);. The van der Waals surface area contributed by atoms with Crippen molar-refractivity contribution in [1.82, 2.24) is 9.97 Å². The summed E-state index contributed by atoms with van der Waals surface area (Å²) in [5.74, 6) is 0.827. The molecule has 1 aromatic carbocycles. The van der Waals surface area contributed by atoms with Crippen molar-refractivity contribution in [2.24, 2.45) is 0 Å². The normalized spacial score (nSPS) is 9.62. The van der Waals surface area contributed by atoms with Crippen molar-refractivity contribution in [3.8, 4) is 5.75 Å². The van der Waals surface area contributed by atoms with Gasteiger partial charge in [-0.25, -0.2) is 0 Å². The molecule has 63 valence electrons. The molecule has 0 unspecified atom stereocenters. The average Bonchev–Trinajstić information content (AvgIpc) is 2.43. The minimum atomic E-state index is 0. The van der Waals surface area contributed by atoms with Gasteiger partial charge in [-0.3, -0.25) is 0 Å². The van der Waals surface area contributed by atoms with Crippen LogP contribution in [0.15, 0.2) is 18.2 Å². The Morgan fingerprint density at radius 3 is 2.62 bits per heavy atom. The van der Waals surface area contributed by atoms with Gasteiger partial charge in [0, 0.05) is 35.6 Å². The van der Waals surface area contributed by atoms with Crippen LogP contribution in [0.25, 0.3) is 11.0 Å². The van der Waals surface area contributed by atoms with Crippen LogP contribution in [0.1, 0.15) is 0 Å². The summed E-state index contributed by atoms with van der Waals surface area (Å²) < 4.78 is 5.70. The first-order valence-electron chi connectivity index (χ1n) is 3.55. The number of benzene rings is 1. The number of imidazole rings is 1. The van der Waals surface area contributed by atoms with Crippen LogP contribution in [-0.4, -0.2) is 46.6 Å². The average molecular weight is 203 g/mol. The van der Waals surface area contributed by atoms with Gasteiger partial charge in [0.1, 0.15) is 5.75 Å². The van der Waals surface area contributed by atoms with Gasteiger partial charge in [-0.1, -0.05) is 0 Å². The zero-order valence-corrected chi connectivity index (χ0v) is 10.4. The topological polar surface area (TPSA) is 40.8 Å². The van der Waals surface area contributed by atoms with Gasteiger partial charge in [-0.2, -0.15) is 0 Å². The molecule has 2 rings (SSSR count). The van der Waals surface area contributed by atoms with E-state index in [2.05, 4.69) is 9.97 Å². The molecule has 0 aliphatic rings. The summed E-state index contributed by atoms with van der Waals surface area (Å²) in [6.07, 6.45) is 0. The van der Waals surface area contributed by atoms with E-state index in [0.717, 1.165) is 16.8 Å². The molecule has 0 spiro atoms. The Kier molecular flexibility index (Phi) is 3.55. The molecule has 0 amide bonds. The van der Waals surface area contributed by atoms with E-state index in [-0.39, 0.29) is 29.6 Å². The summed E-state index contributed by atoms with van der Waals surface area (Å²) in [5.41, 5.74) is 1.97. The third-order valence-electron chi connectivity index (χ3n) is 1.72. The van der Waals surface area contributed by atoms with Crippen LogP contribution in [0.5, 0.6) is 5.75 Å². The molecule has 0 bridgehead atoms. The molecule has 0 saturated heterocycles. The molecule has 0 atom stereocenters. The summed E-state index contributed by atoms with van der Waals surface area (Å²) in [7, 11) is 1.64. The largest absolute Gasteiger partial charge is 0.497 e. The third kappa shape index (κ3) is 2.14. The number of ether oxygens (including phenoxy) is 1. The zero-order valence-electron chi connectivity index (χ0n) is 7.55. The molecule has 0 aliphatic heterocycles. The van der Waals surface area contributed by atoms with E-state index < -0.39 is 0 Å². The van der Waals surface area contributed by atoms with E-state index in [1.165, 1.54) is 0 Å². The zero-order chi connectivity index (χ0) is 8.55. The summed E-state index contributed by atoms with van der Waals surface area (Å²) in [4.78, 5) is 6.03. The van der Waals surface area contributed by atoms with Crippen LogP contribution in [0.3, 0.4) is 0 Å². The van der Waals surface area contributed by atoms with Crippen molar-refractivity contribution in [3.63, 3.8) is 0 Å². The quantitative estimate of drug-likeness (QED) is 0.548. The van der Waals surface area contributed by atoms with Gasteiger partial charge in [0.25, 0.3) is 0 Å². The Morgan fingerprint density at radius 1 is 1.23 bits per heavy atom. The van der Waals surface area contributed by atoms with Gasteiger partial charge < -0.3 is 14.7 Å². The van der Waals surface area contributed by atoms with E-state index in [1.807, 2.05) is 18.2 Å². The molecule has 5 heteroatoms. The van der Waals surface area contributed by atoms with Crippen LogP contribution in [0, 0.1) is 4.77 Å². The molecule has 2 aromatic rings. The van der Waals surface area contributed by atoms with Gasteiger partial charge in [0.05, 0.1) is 18.1 Å². The fraction of sp³-hybridized carbons (Fsp3) is 0.125. The van der Waals surface area contributed by atoms with Crippen LogP contribution in [0.4, 0.5) is 0 Å². The second kappa shape index (κ2) is 4.28. The van der Waals surface area contributed by atoms with Gasteiger partial charge in [-0.05, 0) is 24.4 Å². The molecular weight excluding hydrogens is 195 g/mol. The minimum absolute atomic E-state index is 0. The Labute approximate surface area is 103 Å². The fourth-order valence-corrected chi connectivity index (χ4v) is 1.36. The number of hydrogen-bond acceptors (Lipinski definition) is 2. The first-order valence-corrected chi connectivity index (χ1v) is 3.96. The molecule has 3 nitrogen and oxygen atoms in total. The predicted octanol–water partition coefficient (Wildman–Crippen LogP) is 1.85. The maximum Gasteiger partial charge on any atom is 0.175 e. The summed E-state index contributed by atoms with van der Waals surface area (Å²) in [5, 5.41) is 0. The van der Waals surface area contributed by atoms with Gasteiger partial charge in [0.2, 0.25) is 0 Å². The number of methoxy groups -OCH3 is 1. The number of hydrogen-bond donors (Lipinski definition) is 2. The van der Waals surface area contributed by atoms with Crippen molar-refractivity contribution >= 4 is 52.8 Å². The Morgan fingerprint density at radius 2 is 1.92 bits per heavy atom. The first-order chi connectivity index (χ1) is 5.79. The maximum absolute atomic E-state index is 5.06. The number of H-pyrrole nitrogens is 2. The predicted molar refractivity (Wildman–Crippen MR) is 55.8 cm³/mol. The second-order valence-corrected chi connectivity index (χ2v) is 2.90. The van der Waals surface area contributed by atoms with Crippen LogP contribution in [0.2, 0.25) is 0 Å². The minimum Gasteiger partial charge on any atom is -0.497 e. The molecule has 2 N–H and O–H groups in total. The van der Waals surface area contributed by atoms with Crippen LogP contribution < -0.4 is 4.74 Å². The summed E-state index contributed by atoms with van der Waals surface area (Å²) >= 11 is 4.94. The molecule has 1 heterocycles. The smallest absolute Gasteiger partial charge is 0.175 e. The fourth-order valence-electron chi connectivity index (χ4n) is 1.14. The number of aromatic nitrogens is 2. The molecule has 0 saturated carbocycles. The van der Waals surface area contributed by atoms with Crippen molar-refractivity contribution in [2.45, 2.75) is 0 Å². The van der Waals surface area contributed by atoms with Crippen LogP contribution in [-0.2, 0) is 0 Å². The summed E-state index contributed by atoms with van der Waals surface area (Å²) in [6, 6.07) is 5.73. The molecule has 1 aromatic heterocycles. The number of nitrogens with one attached hydrogen (secondary N) is 2. The Hall–Kier alpha value is -0.290. The van der Waals surface area contributed by atoms with Crippen molar-refractivity contribution in [3.05, 3.63) is 23.0 Å². The van der Waals surface area contributed by atoms with Gasteiger partial charge in [-0.15, -0.1) is 0 Å². The van der Waals surface area contributed by atoms with Crippen LogP contribution >= 0.6 is 12.2 Å². The summed E-state index contributed by atoms with van der Waals surface area (Å²) in [6.45, 7) is 0. The van der Waals surface area contributed by atoms with E-state index in [0.29, 0.717) is 4.77 Å². The van der Waals surface area contributed by atoms with Crippen molar-refractivity contribution in [2.75, 3.05) is 7.11 Å². The SMILES string of the molecule is COc1ccc2[nH]c(=S)[nH]c2c1.[Na]. The number of rotatable bonds is 1. The second-order valence-electron chi connectivity index (χ2n) is 2.49. The Bertz CT molecular complexity index is 462. The third-order valence-corrected chi connectivity index (χ3v) is 1.93. The molecule has 0 fully saturated rings. The van der Waals surface area contributed by atoms with E-state index in [1.54, 1.807) is 7.11 Å². The van der Waals surface area contributed by atoms with E-state index in [4.69, 9.17) is 17.0 Å². The van der Waals surface area contributed by atoms with Gasteiger partial charge >= 0.3 is 0 Å². The number of aromatic amines is 2. The molecule has 0 aliphatic carbocycles. The molecule has 1 radical (unpaired) electrons. The van der Waals surface area contributed by atoms with Crippen molar-refractivity contribution in [1.29, 1.82) is 0 Å². The van der Waals surface area contributed by atoms with E-state index >= 15 is 0 Å². The van der Waals surface area contributed by atoms with Crippen molar-refractivity contribution < 1.29 is 4.74 Å². The first kappa shape index (κ1) is 10.8. The number of fused-ring (bicyclic) bond motifs is 1. The molecular formula is C8H8N2NaOS. The van der Waals surface area contributed by atoms with Gasteiger partial charge in [0.15, 0.2) is 4.77 Å². The molecule has 13 heavy (non-hydrogen) atoms. The van der Waals surface area contributed by atoms with E-state index in [9.17, 15) is 0 Å². The monoisotopic (exact) mass is 203 g/mol.